The zero-order valence-electron chi connectivity index (χ0n) is 17.6. The number of carbonyl (C=O) groups is 2. The predicted octanol–water partition coefficient (Wildman–Crippen LogP) is 1.22. The van der Waals surface area contributed by atoms with Crippen LogP contribution in [-0.4, -0.2) is 43.3 Å². The van der Waals surface area contributed by atoms with Gasteiger partial charge >= 0.3 is 0 Å². The quantitative estimate of drug-likeness (QED) is 0.369. The Hall–Kier alpha value is -4.28. The molecule has 0 aliphatic rings. The van der Waals surface area contributed by atoms with Crippen LogP contribution in [0.4, 0.5) is 5.69 Å². The van der Waals surface area contributed by atoms with E-state index in [-0.39, 0.29) is 29.0 Å². The van der Waals surface area contributed by atoms with Gasteiger partial charge in [-0.15, -0.1) is 0 Å². The lowest BCUT2D eigenvalue weighted by Gasteiger charge is -2.11. The molecule has 11 heteroatoms. The number of H-pyrrole nitrogens is 2. The minimum absolute atomic E-state index is 0.0589. The Labute approximate surface area is 180 Å². The molecule has 4 aromatic rings. The predicted molar refractivity (Wildman–Crippen MR) is 119 cm³/mol. The summed E-state index contributed by atoms with van der Waals surface area (Å²) in [6.07, 6.45) is 1.64. The number of pyridine rings is 1. The highest BCUT2D eigenvalue weighted by Gasteiger charge is 2.17. The molecule has 0 bridgehead atoms. The van der Waals surface area contributed by atoms with Crippen LogP contribution in [0.2, 0.25) is 0 Å². The summed E-state index contributed by atoms with van der Waals surface area (Å²) < 4.78 is 1.77. The highest BCUT2D eigenvalue weighted by Crippen LogP contribution is 2.19. The number of fused-ring (bicyclic) bond motifs is 2. The molecule has 4 rings (SSSR count). The Morgan fingerprint density at radius 1 is 1.16 bits per heavy atom. The molecule has 3 aromatic heterocycles. The second-order valence-electron chi connectivity index (χ2n) is 7.58. The SMILES string of the molecule is Cc1nc2c(cnn2C(C)C)cc1C(=O)NCC(=O)Nc1cccc2c(=O)[nH][nH]c(=O)c12. The van der Waals surface area contributed by atoms with Crippen molar-refractivity contribution in [3.05, 3.63) is 62.4 Å². The summed E-state index contributed by atoms with van der Waals surface area (Å²) >= 11 is 0. The van der Waals surface area contributed by atoms with E-state index in [1.165, 1.54) is 12.1 Å². The molecule has 0 atom stereocenters. The number of nitrogens with one attached hydrogen (secondary N) is 4. The number of carbonyl (C=O) groups excluding carboxylic acids is 2. The lowest BCUT2D eigenvalue weighted by atomic mass is 10.1. The van der Waals surface area contributed by atoms with Crippen LogP contribution in [-0.2, 0) is 4.79 Å². The van der Waals surface area contributed by atoms with E-state index in [4.69, 9.17) is 0 Å². The van der Waals surface area contributed by atoms with E-state index in [0.717, 1.165) is 5.39 Å². The van der Waals surface area contributed by atoms with Gasteiger partial charge in [-0.05, 0) is 39.0 Å². The Morgan fingerprint density at radius 2 is 1.91 bits per heavy atom. The molecule has 0 aliphatic carbocycles. The molecule has 0 fully saturated rings. The number of anilines is 1. The van der Waals surface area contributed by atoms with Gasteiger partial charge in [-0.25, -0.2) is 9.67 Å². The first-order valence-electron chi connectivity index (χ1n) is 9.93. The Balaban J connectivity index is 1.51. The van der Waals surface area contributed by atoms with Crippen molar-refractivity contribution in [1.29, 1.82) is 0 Å². The second-order valence-corrected chi connectivity index (χ2v) is 7.58. The molecule has 3 heterocycles. The van der Waals surface area contributed by atoms with Crippen LogP contribution in [0.3, 0.4) is 0 Å². The molecule has 0 aliphatic heterocycles. The van der Waals surface area contributed by atoms with Crippen LogP contribution in [0.15, 0.2) is 40.1 Å². The number of aromatic nitrogens is 5. The van der Waals surface area contributed by atoms with Crippen molar-refractivity contribution in [1.82, 2.24) is 30.3 Å². The van der Waals surface area contributed by atoms with Crippen LogP contribution in [0.5, 0.6) is 0 Å². The summed E-state index contributed by atoms with van der Waals surface area (Å²) in [7, 11) is 0. The Kier molecular flexibility index (Phi) is 5.31. The van der Waals surface area contributed by atoms with Gasteiger partial charge in [-0.1, -0.05) is 6.07 Å². The van der Waals surface area contributed by atoms with Crippen molar-refractivity contribution in [2.45, 2.75) is 26.8 Å². The first-order chi connectivity index (χ1) is 15.3. The number of rotatable bonds is 5. The van der Waals surface area contributed by atoms with Crippen molar-refractivity contribution in [3.8, 4) is 0 Å². The van der Waals surface area contributed by atoms with E-state index in [1.54, 1.807) is 29.9 Å². The molecule has 0 radical (unpaired) electrons. The third-order valence-corrected chi connectivity index (χ3v) is 5.00. The largest absolute Gasteiger partial charge is 0.343 e. The van der Waals surface area contributed by atoms with Crippen molar-refractivity contribution in [2.75, 3.05) is 11.9 Å². The van der Waals surface area contributed by atoms with Gasteiger partial charge in [0.05, 0.1) is 40.5 Å². The minimum atomic E-state index is -0.551. The van der Waals surface area contributed by atoms with Gasteiger partial charge in [-0.3, -0.25) is 29.4 Å². The van der Waals surface area contributed by atoms with E-state index in [1.807, 2.05) is 13.8 Å². The Bertz CT molecular complexity index is 1480. The number of aromatic amines is 2. The highest BCUT2D eigenvalue weighted by molar-refractivity contribution is 6.04. The maximum absolute atomic E-state index is 12.7. The summed E-state index contributed by atoms with van der Waals surface area (Å²) in [6, 6.07) is 6.35. The van der Waals surface area contributed by atoms with E-state index < -0.39 is 22.9 Å². The van der Waals surface area contributed by atoms with Crippen LogP contribution in [0.25, 0.3) is 21.8 Å². The zero-order valence-corrected chi connectivity index (χ0v) is 17.6. The first kappa shape index (κ1) is 21.0. The second kappa shape index (κ2) is 8.10. The third kappa shape index (κ3) is 3.75. The summed E-state index contributed by atoms with van der Waals surface area (Å²) in [5.41, 5.74) is 0.677. The number of benzene rings is 1. The number of hydrogen-bond acceptors (Lipinski definition) is 6. The molecule has 11 nitrogen and oxygen atoms in total. The fraction of sp³-hybridized carbons (Fsp3) is 0.238. The smallest absolute Gasteiger partial charge is 0.272 e. The number of nitrogens with zero attached hydrogens (tertiary/aromatic N) is 3. The molecular weight excluding hydrogens is 414 g/mol. The maximum Gasteiger partial charge on any atom is 0.272 e. The van der Waals surface area contributed by atoms with Crippen molar-refractivity contribution >= 4 is 39.3 Å². The fourth-order valence-corrected chi connectivity index (χ4v) is 3.46. The molecule has 0 unspecified atom stereocenters. The van der Waals surface area contributed by atoms with Gasteiger partial charge in [0.15, 0.2) is 5.65 Å². The topological polar surface area (TPSA) is 155 Å². The van der Waals surface area contributed by atoms with Crippen LogP contribution in [0, 0.1) is 6.92 Å². The highest BCUT2D eigenvalue weighted by atomic mass is 16.2. The number of hydrogen-bond donors (Lipinski definition) is 4. The van der Waals surface area contributed by atoms with Gasteiger partial charge in [-0.2, -0.15) is 5.10 Å². The summed E-state index contributed by atoms with van der Waals surface area (Å²) in [6.45, 7) is 5.36. The zero-order chi connectivity index (χ0) is 23.0. The first-order valence-corrected chi connectivity index (χ1v) is 9.93. The van der Waals surface area contributed by atoms with Crippen molar-refractivity contribution < 1.29 is 9.59 Å². The average Bonchev–Trinajstić information content (AvgIpc) is 3.17. The average molecular weight is 435 g/mol. The summed E-state index contributed by atoms with van der Waals surface area (Å²) in [4.78, 5) is 53.6. The summed E-state index contributed by atoms with van der Waals surface area (Å²) in [5.74, 6) is -1.01. The van der Waals surface area contributed by atoms with Gasteiger partial charge in [0.25, 0.3) is 17.0 Å². The monoisotopic (exact) mass is 435 g/mol. The molecule has 0 saturated carbocycles. The molecule has 32 heavy (non-hydrogen) atoms. The third-order valence-electron chi connectivity index (χ3n) is 5.00. The van der Waals surface area contributed by atoms with Crippen LogP contribution in [0.1, 0.15) is 35.9 Å². The van der Waals surface area contributed by atoms with Crippen LogP contribution < -0.4 is 21.8 Å². The molecule has 164 valence electrons. The lowest BCUT2D eigenvalue weighted by Crippen LogP contribution is -2.33. The molecule has 0 spiro atoms. The standard InChI is InChI=1S/C21H21N7O4/c1-10(2)28-18-12(8-23-28)7-14(11(3)24-18)19(30)22-9-16(29)25-15-6-4-5-13-17(15)21(32)27-26-20(13)31/h4-8,10H,9H2,1-3H3,(H,22,30)(H,25,29)(H,26,31)(H,27,32). The molecule has 2 amide bonds. The number of amides is 2. The number of aryl methyl sites for hydroxylation is 1. The van der Waals surface area contributed by atoms with E-state index in [0.29, 0.717) is 16.9 Å². The molecule has 0 saturated heterocycles. The lowest BCUT2D eigenvalue weighted by molar-refractivity contribution is -0.115. The van der Waals surface area contributed by atoms with E-state index in [2.05, 4.69) is 30.9 Å². The van der Waals surface area contributed by atoms with Gasteiger partial charge in [0.2, 0.25) is 5.91 Å². The summed E-state index contributed by atoms with van der Waals surface area (Å²) in [5, 5.41) is 14.8. The van der Waals surface area contributed by atoms with Crippen LogP contribution >= 0.6 is 0 Å². The normalized spacial score (nSPS) is 11.2. The van der Waals surface area contributed by atoms with Crippen molar-refractivity contribution in [3.63, 3.8) is 0 Å². The minimum Gasteiger partial charge on any atom is -0.343 e. The fourth-order valence-electron chi connectivity index (χ4n) is 3.46. The maximum atomic E-state index is 12.7. The Morgan fingerprint density at radius 3 is 2.66 bits per heavy atom. The van der Waals surface area contributed by atoms with E-state index >= 15 is 0 Å². The molecular formula is C21H21N7O4. The van der Waals surface area contributed by atoms with E-state index in [9.17, 15) is 19.2 Å². The molecule has 4 N–H and O–H groups in total. The van der Waals surface area contributed by atoms with Gasteiger partial charge < -0.3 is 10.6 Å². The molecule has 1 aromatic carbocycles. The van der Waals surface area contributed by atoms with Crippen molar-refractivity contribution in [2.24, 2.45) is 0 Å². The van der Waals surface area contributed by atoms with Gasteiger partial charge in [0.1, 0.15) is 0 Å². The van der Waals surface area contributed by atoms with Gasteiger partial charge in [0, 0.05) is 11.4 Å².